The van der Waals surface area contributed by atoms with Crippen molar-refractivity contribution in [3.05, 3.63) is 70.8 Å². The molecule has 0 radical (unpaired) electrons. The maximum atomic E-state index is 3.68. The van der Waals surface area contributed by atoms with Crippen LogP contribution in [0.3, 0.4) is 0 Å². The zero-order chi connectivity index (χ0) is 20.6. The van der Waals surface area contributed by atoms with Crippen molar-refractivity contribution in [2.24, 2.45) is 11.8 Å². The van der Waals surface area contributed by atoms with E-state index in [-0.39, 0.29) is 0 Å². The molecule has 3 unspecified atom stereocenters. The number of nitrogens with zero attached hydrogens (tertiary/aromatic N) is 1. The second-order valence-electron chi connectivity index (χ2n) is 10.2. The van der Waals surface area contributed by atoms with Gasteiger partial charge in [0, 0.05) is 24.5 Å². The lowest BCUT2D eigenvalue weighted by atomic mass is 9.56. The van der Waals surface area contributed by atoms with Crippen LogP contribution in [0.2, 0.25) is 0 Å². The highest BCUT2D eigenvalue weighted by Crippen LogP contribution is 2.51. The maximum absolute atomic E-state index is 3.68. The van der Waals surface area contributed by atoms with Crippen LogP contribution in [0.25, 0.3) is 0 Å². The Labute approximate surface area is 183 Å². The fraction of sp³-hybridized carbons (Fsp3) is 0.571. The third kappa shape index (κ3) is 3.85. The van der Waals surface area contributed by atoms with Gasteiger partial charge in [0.25, 0.3) is 0 Å². The zero-order valence-electron chi connectivity index (χ0n) is 18.9. The molecule has 1 aliphatic heterocycles. The topological polar surface area (TPSA) is 15.3 Å². The Kier molecular flexibility index (Phi) is 5.73. The predicted octanol–water partition coefficient (Wildman–Crippen LogP) is 5.34. The van der Waals surface area contributed by atoms with Gasteiger partial charge >= 0.3 is 0 Å². The third-order valence-electron chi connectivity index (χ3n) is 8.49. The van der Waals surface area contributed by atoms with Crippen molar-refractivity contribution >= 4 is 0 Å². The van der Waals surface area contributed by atoms with Crippen molar-refractivity contribution in [2.45, 2.75) is 70.4 Å². The molecule has 160 valence electrons. The highest BCUT2D eigenvalue weighted by Gasteiger charge is 2.50. The molecular formula is C28H38N2. The summed E-state index contributed by atoms with van der Waals surface area (Å²) in [6, 6.07) is 19.0. The Hall–Kier alpha value is -1.64. The summed E-state index contributed by atoms with van der Waals surface area (Å²) in [5.74, 6) is 1.76. The molecular weight excluding hydrogens is 364 g/mol. The molecule has 0 amide bonds. The summed E-state index contributed by atoms with van der Waals surface area (Å²) < 4.78 is 0. The molecule has 1 saturated carbocycles. The van der Waals surface area contributed by atoms with E-state index in [4.69, 9.17) is 0 Å². The second-order valence-corrected chi connectivity index (χ2v) is 10.2. The molecule has 0 aromatic heterocycles. The molecule has 2 aromatic rings. The van der Waals surface area contributed by atoms with Crippen LogP contribution in [0.1, 0.15) is 61.8 Å². The van der Waals surface area contributed by atoms with Crippen molar-refractivity contribution in [3.63, 3.8) is 0 Å². The minimum absolute atomic E-state index is 0.387. The quantitative estimate of drug-likeness (QED) is 0.599. The van der Waals surface area contributed by atoms with Crippen LogP contribution in [-0.4, -0.2) is 30.6 Å². The summed E-state index contributed by atoms with van der Waals surface area (Å²) in [5, 5.41) is 3.68. The van der Waals surface area contributed by atoms with E-state index in [2.05, 4.69) is 72.6 Å². The van der Waals surface area contributed by atoms with Gasteiger partial charge < -0.3 is 5.32 Å². The Morgan fingerprint density at radius 1 is 1.07 bits per heavy atom. The molecule has 2 fully saturated rings. The monoisotopic (exact) mass is 402 g/mol. The van der Waals surface area contributed by atoms with Crippen LogP contribution in [0.4, 0.5) is 0 Å². The van der Waals surface area contributed by atoms with Crippen molar-refractivity contribution in [3.8, 4) is 0 Å². The van der Waals surface area contributed by atoms with Crippen LogP contribution in [-0.2, 0) is 24.8 Å². The van der Waals surface area contributed by atoms with Gasteiger partial charge in [0.15, 0.2) is 0 Å². The van der Waals surface area contributed by atoms with Crippen molar-refractivity contribution in [1.29, 1.82) is 0 Å². The first-order chi connectivity index (χ1) is 14.7. The summed E-state index contributed by atoms with van der Waals surface area (Å²) in [7, 11) is 0. The van der Waals surface area contributed by atoms with Crippen LogP contribution >= 0.6 is 0 Å². The van der Waals surface area contributed by atoms with Crippen LogP contribution in [0, 0.1) is 11.8 Å². The van der Waals surface area contributed by atoms with Crippen molar-refractivity contribution < 1.29 is 0 Å². The Morgan fingerprint density at radius 2 is 1.90 bits per heavy atom. The number of fused-ring (bicyclic) bond motifs is 4. The van der Waals surface area contributed by atoms with E-state index in [0.717, 1.165) is 37.4 Å². The lowest BCUT2D eigenvalue weighted by Gasteiger charge is -2.56. The van der Waals surface area contributed by atoms with E-state index in [9.17, 15) is 0 Å². The number of likely N-dealkylation sites (tertiary alicyclic amines) is 1. The summed E-state index contributed by atoms with van der Waals surface area (Å²) in [4.78, 5) is 2.86. The molecule has 2 aliphatic carbocycles. The molecule has 1 saturated heterocycles. The standard InChI is InChI=1S/C28H38N2/c1-3-28-14-16-30(20-23-9-10-23)27(21(28)2)18-25-12-11-24(17-26(25)28)19-29-15-13-22-7-5-4-6-8-22/h4-8,11-12,17,21,23,27,29H,3,9-10,13-16,18-20H2,1-2H3. The maximum Gasteiger partial charge on any atom is 0.0205 e. The number of hydrogen-bond acceptors (Lipinski definition) is 2. The van der Waals surface area contributed by atoms with Gasteiger partial charge in [-0.2, -0.15) is 0 Å². The number of hydrogen-bond donors (Lipinski definition) is 1. The Morgan fingerprint density at radius 3 is 2.67 bits per heavy atom. The predicted molar refractivity (Wildman–Crippen MR) is 126 cm³/mol. The van der Waals surface area contributed by atoms with Gasteiger partial charge in [-0.15, -0.1) is 0 Å². The highest BCUT2D eigenvalue weighted by atomic mass is 15.2. The summed E-state index contributed by atoms with van der Waals surface area (Å²) in [6.07, 6.45) is 7.90. The second kappa shape index (κ2) is 8.48. The molecule has 1 heterocycles. The molecule has 30 heavy (non-hydrogen) atoms. The van der Waals surface area contributed by atoms with Gasteiger partial charge in [-0.3, -0.25) is 4.90 Å². The summed E-state index contributed by atoms with van der Waals surface area (Å²) in [5.41, 5.74) is 6.58. The molecule has 2 bridgehead atoms. The Balaban J connectivity index is 1.29. The smallest absolute Gasteiger partial charge is 0.0205 e. The largest absolute Gasteiger partial charge is 0.312 e. The highest BCUT2D eigenvalue weighted by molar-refractivity contribution is 5.43. The number of nitrogens with one attached hydrogen (secondary N) is 1. The van der Waals surface area contributed by atoms with E-state index >= 15 is 0 Å². The summed E-state index contributed by atoms with van der Waals surface area (Å²) in [6.45, 7) is 9.66. The molecule has 5 rings (SSSR count). The summed E-state index contributed by atoms with van der Waals surface area (Å²) >= 11 is 0. The molecule has 2 nitrogen and oxygen atoms in total. The first kappa shape index (κ1) is 20.3. The van der Waals surface area contributed by atoms with E-state index in [0.29, 0.717) is 5.41 Å². The SMILES string of the molecule is CCC12CCN(CC3CC3)C(Cc3ccc(CNCCc4ccccc4)cc31)C2C. The van der Waals surface area contributed by atoms with Crippen LogP contribution in [0.5, 0.6) is 0 Å². The average molecular weight is 403 g/mol. The first-order valence-corrected chi connectivity index (χ1v) is 12.3. The lowest BCUT2D eigenvalue weighted by molar-refractivity contribution is 0.0180. The molecule has 3 atom stereocenters. The minimum Gasteiger partial charge on any atom is -0.312 e. The fourth-order valence-corrected chi connectivity index (χ4v) is 6.37. The third-order valence-corrected chi connectivity index (χ3v) is 8.49. The normalized spacial score (nSPS) is 28.3. The minimum atomic E-state index is 0.387. The van der Waals surface area contributed by atoms with Crippen LogP contribution < -0.4 is 5.32 Å². The molecule has 2 heteroatoms. The number of rotatable bonds is 8. The molecule has 3 aliphatic rings. The lowest BCUT2D eigenvalue weighted by Crippen LogP contribution is -2.59. The van der Waals surface area contributed by atoms with Gasteiger partial charge in [0.1, 0.15) is 0 Å². The van der Waals surface area contributed by atoms with E-state index in [1.165, 1.54) is 56.3 Å². The number of piperidine rings is 1. The van der Waals surface area contributed by atoms with Gasteiger partial charge in [-0.25, -0.2) is 0 Å². The Bertz CT molecular complexity index is 856. The van der Waals surface area contributed by atoms with Gasteiger partial charge in [0.2, 0.25) is 0 Å². The fourth-order valence-electron chi connectivity index (χ4n) is 6.37. The molecule has 0 spiro atoms. The molecule has 1 N–H and O–H groups in total. The first-order valence-electron chi connectivity index (χ1n) is 12.3. The average Bonchev–Trinajstić information content (AvgIpc) is 3.59. The van der Waals surface area contributed by atoms with Gasteiger partial charge in [0.05, 0.1) is 0 Å². The zero-order valence-corrected chi connectivity index (χ0v) is 18.9. The van der Waals surface area contributed by atoms with Crippen molar-refractivity contribution in [2.75, 3.05) is 19.6 Å². The van der Waals surface area contributed by atoms with Gasteiger partial charge in [-0.05, 0) is 85.7 Å². The number of benzene rings is 2. The molecule has 2 aromatic carbocycles. The van der Waals surface area contributed by atoms with Gasteiger partial charge in [-0.1, -0.05) is 62.4 Å². The van der Waals surface area contributed by atoms with E-state index < -0.39 is 0 Å². The van der Waals surface area contributed by atoms with Crippen molar-refractivity contribution in [1.82, 2.24) is 10.2 Å². The van der Waals surface area contributed by atoms with E-state index in [1.807, 2.05) is 0 Å². The van der Waals surface area contributed by atoms with E-state index in [1.54, 1.807) is 11.1 Å². The van der Waals surface area contributed by atoms with Crippen LogP contribution in [0.15, 0.2) is 48.5 Å².